The minimum absolute atomic E-state index is 0.158. The first-order valence-electron chi connectivity index (χ1n) is 7.69. The number of nitrogens with one attached hydrogen (secondary N) is 2. The van der Waals surface area contributed by atoms with Gasteiger partial charge in [0.1, 0.15) is 9.88 Å². The average Bonchev–Trinajstić information content (AvgIpc) is 3.30. The van der Waals surface area contributed by atoms with Gasteiger partial charge in [0.05, 0.1) is 5.69 Å². The molecule has 4 rings (SSSR count). The number of benzene rings is 1. The van der Waals surface area contributed by atoms with Gasteiger partial charge in [-0.3, -0.25) is 14.9 Å². The van der Waals surface area contributed by atoms with Gasteiger partial charge in [-0.1, -0.05) is 41.9 Å². The molecule has 26 heavy (non-hydrogen) atoms. The second-order valence-electron chi connectivity index (χ2n) is 5.37. The molecule has 128 valence electrons. The molecule has 0 radical (unpaired) electrons. The lowest BCUT2D eigenvalue weighted by Gasteiger charge is -1.98. The summed E-state index contributed by atoms with van der Waals surface area (Å²) in [5.41, 5.74) is 2.60. The van der Waals surface area contributed by atoms with Gasteiger partial charge in [-0.15, -0.1) is 11.3 Å². The van der Waals surface area contributed by atoms with Crippen LogP contribution in [0.25, 0.3) is 21.8 Å². The van der Waals surface area contributed by atoms with Crippen LogP contribution in [-0.4, -0.2) is 26.1 Å². The largest absolute Gasteiger partial charge is 0.304 e. The normalized spacial score (nSPS) is 10.7. The van der Waals surface area contributed by atoms with E-state index < -0.39 is 0 Å². The van der Waals surface area contributed by atoms with Crippen LogP contribution in [0, 0.1) is 0 Å². The summed E-state index contributed by atoms with van der Waals surface area (Å²) in [4.78, 5) is 21.2. The number of pyridine rings is 1. The summed E-state index contributed by atoms with van der Waals surface area (Å²) in [7, 11) is 0. The fourth-order valence-electron chi connectivity index (χ4n) is 2.38. The van der Waals surface area contributed by atoms with Crippen LogP contribution in [0.1, 0.15) is 9.67 Å². The molecule has 0 fully saturated rings. The smallest absolute Gasteiger partial charge is 0.270 e. The molecule has 0 saturated carbocycles. The van der Waals surface area contributed by atoms with Crippen LogP contribution in [0.2, 0.25) is 5.15 Å². The summed E-state index contributed by atoms with van der Waals surface area (Å²) in [5.74, 6) is 0.0648. The van der Waals surface area contributed by atoms with E-state index >= 15 is 0 Å². The zero-order valence-corrected chi connectivity index (χ0v) is 14.9. The van der Waals surface area contributed by atoms with E-state index in [4.69, 9.17) is 11.6 Å². The highest BCUT2D eigenvalue weighted by Crippen LogP contribution is 2.31. The van der Waals surface area contributed by atoms with Crippen molar-refractivity contribution in [1.82, 2.24) is 20.2 Å². The average molecular weight is 382 g/mol. The highest BCUT2D eigenvalue weighted by atomic mass is 35.5. The lowest BCUT2D eigenvalue weighted by atomic mass is 10.2. The number of halogens is 1. The number of hydrogen-bond acceptors (Lipinski definition) is 5. The van der Waals surface area contributed by atoms with Crippen molar-refractivity contribution >= 4 is 34.7 Å². The first-order chi connectivity index (χ1) is 12.7. The van der Waals surface area contributed by atoms with Crippen LogP contribution in [-0.2, 0) is 0 Å². The third kappa shape index (κ3) is 3.35. The molecular formula is C18H12ClN5OS. The summed E-state index contributed by atoms with van der Waals surface area (Å²) in [6.45, 7) is 0. The van der Waals surface area contributed by atoms with Crippen molar-refractivity contribution in [2.24, 2.45) is 0 Å². The van der Waals surface area contributed by atoms with Gasteiger partial charge < -0.3 is 5.32 Å². The maximum Gasteiger partial charge on any atom is 0.270 e. The Balaban J connectivity index is 1.54. The lowest BCUT2D eigenvalue weighted by molar-refractivity contribution is 0.103. The molecule has 0 spiro atoms. The molecule has 0 atom stereocenters. The molecule has 1 amide bonds. The molecule has 2 N–H and O–H groups in total. The van der Waals surface area contributed by atoms with Crippen LogP contribution < -0.4 is 5.32 Å². The SMILES string of the molecule is O=C(Nc1cc(-c2ccccc2)[nH]n1)c1sc(-c2cccnc2)nc1Cl. The van der Waals surface area contributed by atoms with E-state index in [0.717, 1.165) is 16.8 Å². The van der Waals surface area contributed by atoms with Gasteiger partial charge in [-0.25, -0.2) is 4.98 Å². The van der Waals surface area contributed by atoms with E-state index in [1.807, 2.05) is 36.4 Å². The van der Waals surface area contributed by atoms with Crippen LogP contribution in [0.15, 0.2) is 60.9 Å². The van der Waals surface area contributed by atoms with Gasteiger partial charge in [-0.05, 0) is 17.7 Å². The predicted molar refractivity (Wildman–Crippen MR) is 102 cm³/mol. The number of aromatic amines is 1. The maximum atomic E-state index is 12.5. The molecule has 3 aromatic heterocycles. The van der Waals surface area contributed by atoms with Crippen molar-refractivity contribution in [3.05, 3.63) is 71.0 Å². The van der Waals surface area contributed by atoms with Crippen LogP contribution >= 0.6 is 22.9 Å². The number of H-pyrrole nitrogens is 1. The molecule has 0 aliphatic carbocycles. The van der Waals surface area contributed by atoms with Crippen molar-refractivity contribution in [1.29, 1.82) is 0 Å². The zero-order chi connectivity index (χ0) is 17.9. The van der Waals surface area contributed by atoms with Crippen LogP contribution in [0.3, 0.4) is 0 Å². The summed E-state index contributed by atoms with van der Waals surface area (Å²) >= 11 is 7.36. The number of thiazole rings is 1. The van der Waals surface area contributed by atoms with Gasteiger partial charge in [0, 0.05) is 24.0 Å². The molecule has 8 heteroatoms. The molecule has 0 aliphatic rings. The molecule has 0 aliphatic heterocycles. The summed E-state index contributed by atoms with van der Waals surface area (Å²) in [6, 6.07) is 15.2. The van der Waals surface area contributed by atoms with E-state index in [2.05, 4.69) is 25.5 Å². The Kier molecular flexibility index (Phi) is 4.47. The van der Waals surface area contributed by atoms with Crippen molar-refractivity contribution in [2.75, 3.05) is 5.32 Å². The minimum Gasteiger partial charge on any atom is -0.304 e. The number of rotatable bonds is 4. The molecular weight excluding hydrogens is 370 g/mol. The molecule has 6 nitrogen and oxygen atoms in total. The quantitative estimate of drug-likeness (QED) is 0.545. The van der Waals surface area contributed by atoms with E-state index in [-0.39, 0.29) is 11.1 Å². The summed E-state index contributed by atoms with van der Waals surface area (Å²) < 4.78 is 0. The van der Waals surface area contributed by atoms with Crippen molar-refractivity contribution < 1.29 is 4.79 Å². The Morgan fingerprint density at radius 2 is 1.92 bits per heavy atom. The van der Waals surface area contributed by atoms with Crippen LogP contribution in [0.5, 0.6) is 0 Å². The fraction of sp³-hybridized carbons (Fsp3) is 0. The Bertz CT molecular complexity index is 1050. The van der Waals surface area contributed by atoms with E-state index in [0.29, 0.717) is 15.7 Å². The maximum absolute atomic E-state index is 12.5. The van der Waals surface area contributed by atoms with E-state index in [1.165, 1.54) is 11.3 Å². The Labute approximate surface area is 157 Å². The number of aromatic nitrogens is 4. The second-order valence-corrected chi connectivity index (χ2v) is 6.72. The Morgan fingerprint density at radius 3 is 2.69 bits per heavy atom. The fourth-order valence-corrected chi connectivity index (χ4v) is 3.56. The van der Waals surface area contributed by atoms with E-state index in [1.54, 1.807) is 24.5 Å². The minimum atomic E-state index is -0.353. The molecule has 0 bridgehead atoms. The predicted octanol–water partition coefficient (Wildman–Crippen LogP) is 4.50. The number of anilines is 1. The van der Waals surface area contributed by atoms with Crippen LogP contribution in [0.4, 0.5) is 5.82 Å². The third-order valence-electron chi connectivity index (χ3n) is 3.60. The Hall–Kier alpha value is -3.03. The number of hydrogen-bond donors (Lipinski definition) is 2. The van der Waals surface area contributed by atoms with Gasteiger partial charge >= 0.3 is 0 Å². The molecule has 4 aromatic rings. The van der Waals surface area contributed by atoms with Gasteiger partial charge in [0.15, 0.2) is 11.0 Å². The number of carbonyl (C=O) groups is 1. The zero-order valence-electron chi connectivity index (χ0n) is 13.3. The van der Waals surface area contributed by atoms with Crippen molar-refractivity contribution in [3.63, 3.8) is 0 Å². The highest BCUT2D eigenvalue weighted by Gasteiger charge is 2.19. The molecule has 3 heterocycles. The van der Waals surface area contributed by atoms with Gasteiger partial charge in [-0.2, -0.15) is 5.10 Å². The van der Waals surface area contributed by atoms with Crippen molar-refractivity contribution in [2.45, 2.75) is 0 Å². The Morgan fingerprint density at radius 1 is 1.12 bits per heavy atom. The summed E-state index contributed by atoms with van der Waals surface area (Å²) in [5, 5.41) is 10.6. The number of nitrogens with zero attached hydrogens (tertiary/aromatic N) is 3. The van der Waals surface area contributed by atoms with Gasteiger partial charge in [0.25, 0.3) is 5.91 Å². The second kappa shape index (κ2) is 7.07. The van der Waals surface area contributed by atoms with Crippen molar-refractivity contribution in [3.8, 4) is 21.8 Å². The van der Waals surface area contributed by atoms with E-state index in [9.17, 15) is 4.79 Å². The summed E-state index contributed by atoms with van der Waals surface area (Å²) in [6.07, 6.45) is 3.35. The molecule has 1 aromatic carbocycles. The van der Waals surface area contributed by atoms with Gasteiger partial charge in [0.2, 0.25) is 0 Å². The lowest BCUT2D eigenvalue weighted by Crippen LogP contribution is -2.10. The highest BCUT2D eigenvalue weighted by molar-refractivity contribution is 7.17. The topological polar surface area (TPSA) is 83.6 Å². The first kappa shape index (κ1) is 16.4. The monoisotopic (exact) mass is 381 g/mol. The number of carbonyl (C=O) groups excluding carboxylic acids is 1. The standard InChI is InChI=1S/C18H12ClN5OS/c19-16-15(26-18(22-16)12-7-4-8-20-10-12)17(25)21-14-9-13(23-24-14)11-5-2-1-3-6-11/h1-10H,(H2,21,23,24,25). The third-order valence-corrected chi connectivity index (χ3v) is 5.09. The molecule has 0 unspecified atom stereocenters. The number of amides is 1. The molecule has 0 saturated heterocycles. The first-order valence-corrected chi connectivity index (χ1v) is 8.89.